The van der Waals surface area contributed by atoms with E-state index < -0.39 is 11.2 Å². The van der Waals surface area contributed by atoms with E-state index in [1.54, 1.807) is 11.1 Å². The zero-order valence-electron chi connectivity index (χ0n) is 15.0. The Hall–Kier alpha value is -2.25. The SMILES string of the molecule is [B]C([B])(C(=O)Nc1cc2cc(-c3nnc(C)s3)ccc2cn1)N1CCCC1. The first-order valence-electron chi connectivity index (χ1n) is 8.78. The Balaban J connectivity index is 1.59. The summed E-state index contributed by atoms with van der Waals surface area (Å²) >= 11 is 1.54. The van der Waals surface area contributed by atoms with Crippen molar-refractivity contribution in [3.63, 3.8) is 0 Å². The minimum absolute atomic E-state index is 0.414. The quantitative estimate of drug-likeness (QED) is 0.710. The Bertz CT molecular complexity index is 1000. The van der Waals surface area contributed by atoms with Crippen LogP contribution in [0.5, 0.6) is 0 Å². The summed E-state index contributed by atoms with van der Waals surface area (Å²) < 4.78 is 0. The molecule has 0 atom stereocenters. The first-order valence-corrected chi connectivity index (χ1v) is 9.60. The molecule has 132 valence electrons. The number of aromatic nitrogens is 3. The first kappa shape index (κ1) is 18.1. The fourth-order valence-corrected chi connectivity index (χ4v) is 3.89. The van der Waals surface area contributed by atoms with E-state index in [9.17, 15) is 4.79 Å². The summed E-state index contributed by atoms with van der Waals surface area (Å²) in [5.74, 6) is -0.0512. The third-order valence-electron chi connectivity index (χ3n) is 4.73. The Morgan fingerprint density at radius 1 is 1.19 bits per heavy atom. The molecule has 1 aliphatic rings. The van der Waals surface area contributed by atoms with Crippen molar-refractivity contribution >= 4 is 49.5 Å². The van der Waals surface area contributed by atoms with Gasteiger partial charge in [0.25, 0.3) is 0 Å². The van der Waals surface area contributed by atoms with Gasteiger partial charge in [-0.15, -0.1) is 10.2 Å². The lowest BCUT2D eigenvalue weighted by Crippen LogP contribution is -2.57. The molecule has 0 unspecified atom stereocenters. The summed E-state index contributed by atoms with van der Waals surface area (Å²) in [7, 11) is 12.2. The molecule has 0 bridgehead atoms. The number of amides is 1. The topological polar surface area (TPSA) is 71.0 Å². The number of fused-ring (bicyclic) bond motifs is 1. The molecule has 4 radical (unpaired) electrons. The Kier molecular flexibility index (Phi) is 4.73. The molecule has 9 heteroatoms. The average Bonchev–Trinajstić information content (AvgIpc) is 3.33. The van der Waals surface area contributed by atoms with Crippen LogP contribution in [0.2, 0.25) is 0 Å². The van der Waals surface area contributed by atoms with Gasteiger partial charge >= 0.3 is 0 Å². The molecule has 2 aromatic heterocycles. The molecule has 1 aromatic carbocycles. The summed E-state index contributed by atoms with van der Waals surface area (Å²) in [6.45, 7) is 3.36. The van der Waals surface area contributed by atoms with E-state index in [0.29, 0.717) is 5.82 Å². The highest BCUT2D eigenvalue weighted by molar-refractivity contribution is 7.14. The standard InChI is InChI=1S/C18H17B2N5OS/c1-11-23-24-16(27-11)12-4-5-13-10-21-15(9-14(13)8-12)22-17(26)18(19,20)25-6-2-3-7-25/h4-5,8-10H,2-3,6-7H2,1H3,(H,21,22,26). The van der Waals surface area contributed by atoms with Gasteiger partial charge < -0.3 is 10.2 Å². The van der Waals surface area contributed by atoms with Crippen molar-refractivity contribution in [2.75, 3.05) is 18.4 Å². The van der Waals surface area contributed by atoms with Crippen LogP contribution in [-0.4, -0.2) is 60.1 Å². The van der Waals surface area contributed by atoms with E-state index in [-0.39, 0.29) is 0 Å². The minimum atomic E-state index is -1.54. The van der Waals surface area contributed by atoms with Crippen molar-refractivity contribution < 1.29 is 4.79 Å². The minimum Gasteiger partial charge on any atom is -0.310 e. The molecule has 4 rings (SSSR count). The van der Waals surface area contributed by atoms with E-state index >= 15 is 0 Å². The number of carbonyl (C=O) groups is 1. The Morgan fingerprint density at radius 2 is 1.96 bits per heavy atom. The first-order chi connectivity index (χ1) is 12.9. The van der Waals surface area contributed by atoms with Gasteiger partial charge in [0.2, 0.25) is 5.91 Å². The van der Waals surface area contributed by atoms with Gasteiger partial charge in [-0.25, -0.2) is 4.98 Å². The van der Waals surface area contributed by atoms with Crippen LogP contribution in [-0.2, 0) is 4.79 Å². The van der Waals surface area contributed by atoms with Crippen molar-refractivity contribution in [2.24, 2.45) is 0 Å². The van der Waals surface area contributed by atoms with Gasteiger partial charge in [0, 0.05) is 22.5 Å². The second-order valence-corrected chi connectivity index (χ2v) is 7.91. The van der Waals surface area contributed by atoms with Crippen molar-refractivity contribution in [2.45, 2.75) is 25.1 Å². The second kappa shape index (κ2) is 7.05. The fourth-order valence-electron chi connectivity index (χ4n) is 3.20. The van der Waals surface area contributed by atoms with Gasteiger partial charge in [-0.1, -0.05) is 23.5 Å². The highest BCUT2D eigenvalue weighted by Gasteiger charge is 2.34. The number of anilines is 1. The number of benzene rings is 1. The van der Waals surface area contributed by atoms with E-state index in [0.717, 1.165) is 52.3 Å². The van der Waals surface area contributed by atoms with Crippen molar-refractivity contribution in [3.8, 4) is 10.6 Å². The predicted octanol–water partition coefficient (Wildman–Crippen LogP) is 2.09. The molecule has 1 saturated heterocycles. The van der Waals surface area contributed by atoms with Crippen LogP contribution in [0.3, 0.4) is 0 Å². The van der Waals surface area contributed by atoms with Crippen molar-refractivity contribution in [1.29, 1.82) is 0 Å². The van der Waals surface area contributed by atoms with E-state index in [2.05, 4.69) is 20.5 Å². The highest BCUT2D eigenvalue weighted by Crippen LogP contribution is 2.28. The van der Waals surface area contributed by atoms with Gasteiger partial charge in [-0.2, -0.15) is 0 Å². The lowest BCUT2D eigenvalue weighted by molar-refractivity contribution is -0.120. The molecular formula is C18H17B2N5OS. The zero-order valence-corrected chi connectivity index (χ0v) is 15.8. The van der Waals surface area contributed by atoms with Crippen LogP contribution in [0.25, 0.3) is 21.3 Å². The van der Waals surface area contributed by atoms with E-state index in [4.69, 9.17) is 15.7 Å². The molecule has 3 aromatic rings. The van der Waals surface area contributed by atoms with Gasteiger partial charge in [-0.05, 0) is 50.4 Å². The van der Waals surface area contributed by atoms with Crippen LogP contribution in [0.15, 0.2) is 30.5 Å². The third-order valence-corrected chi connectivity index (χ3v) is 5.62. The maximum Gasteiger partial charge on any atom is 0.227 e. The number of nitrogens with zero attached hydrogens (tertiary/aromatic N) is 4. The molecule has 0 aliphatic carbocycles. The summed E-state index contributed by atoms with van der Waals surface area (Å²) in [6, 6.07) is 7.77. The molecule has 27 heavy (non-hydrogen) atoms. The third kappa shape index (κ3) is 3.61. The largest absolute Gasteiger partial charge is 0.310 e. The monoisotopic (exact) mass is 373 g/mol. The molecule has 0 saturated carbocycles. The summed E-state index contributed by atoms with van der Waals surface area (Å²) in [5.41, 5.74) is 0.973. The lowest BCUT2D eigenvalue weighted by Gasteiger charge is -2.35. The maximum atomic E-state index is 12.6. The Labute approximate surface area is 164 Å². The smallest absolute Gasteiger partial charge is 0.227 e. The molecule has 6 nitrogen and oxygen atoms in total. The molecule has 1 fully saturated rings. The van der Waals surface area contributed by atoms with Crippen LogP contribution in [0.4, 0.5) is 5.82 Å². The van der Waals surface area contributed by atoms with Crippen molar-refractivity contribution in [1.82, 2.24) is 20.1 Å². The lowest BCUT2D eigenvalue weighted by atomic mass is 9.60. The number of pyridine rings is 1. The van der Waals surface area contributed by atoms with Crippen LogP contribution < -0.4 is 5.32 Å². The fraction of sp³-hybridized carbons (Fsp3) is 0.333. The summed E-state index contributed by atoms with van der Waals surface area (Å²) in [4.78, 5) is 18.7. The summed E-state index contributed by atoms with van der Waals surface area (Å²) in [5, 5.41) is 13.1. The van der Waals surface area contributed by atoms with Gasteiger partial charge in [0.1, 0.15) is 15.8 Å². The van der Waals surface area contributed by atoms with Crippen LogP contribution >= 0.6 is 11.3 Å². The number of hydrogen-bond acceptors (Lipinski definition) is 6. The number of aryl methyl sites for hydroxylation is 1. The predicted molar refractivity (Wildman–Crippen MR) is 109 cm³/mol. The zero-order chi connectivity index (χ0) is 19.0. The van der Waals surface area contributed by atoms with Crippen LogP contribution in [0, 0.1) is 6.92 Å². The van der Waals surface area contributed by atoms with E-state index in [1.165, 1.54) is 11.3 Å². The average molecular weight is 373 g/mol. The molecule has 0 spiro atoms. The second-order valence-electron chi connectivity index (χ2n) is 6.73. The molecule has 1 N–H and O–H groups in total. The number of hydrogen-bond donors (Lipinski definition) is 1. The summed E-state index contributed by atoms with van der Waals surface area (Å²) in [6.07, 6.45) is 3.70. The number of likely N-dealkylation sites (tertiary alicyclic amines) is 1. The molecule has 3 heterocycles. The maximum absolute atomic E-state index is 12.6. The number of rotatable bonds is 4. The van der Waals surface area contributed by atoms with Gasteiger partial charge in [0.05, 0.1) is 15.7 Å². The van der Waals surface area contributed by atoms with Crippen molar-refractivity contribution in [3.05, 3.63) is 35.5 Å². The van der Waals surface area contributed by atoms with E-state index in [1.807, 2.05) is 31.2 Å². The molecule has 1 aliphatic heterocycles. The van der Waals surface area contributed by atoms with Gasteiger partial charge in [0.15, 0.2) is 0 Å². The van der Waals surface area contributed by atoms with Crippen LogP contribution in [0.1, 0.15) is 17.8 Å². The Morgan fingerprint density at radius 3 is 2.67 bits per heavy atom. The number of nitrogens with one attached hydrogen (secondary N) is 1. The highest BCUT2D eigenvalue weighted by atomic mass is 32.1. The normalized spacial score (nSPS) is 15.3. The number of carbonyl (C=O) groups excluding carboxylic acids is 1. The molecule has 1 amide bonds. The van der Waals surface area contributed by atoms with Gasteiger partial charge in [-0.3, -0.25) is 4.79 Å². The molecular weight excluding hydrogens is 356 g/mol.